The molecule has 0 aliphatic carbocycles. The van der Waals surface area contributed by atoms with Crippen LogP contribution in [0.25, 0.3) is 0 Å². The van der Waals surface area contributed by atoms with Crippen molar-refractivity contribution >= 4 is 29.2 Å². The molecule has 0 aliphatic rings. The SMILES string of the molecule is N=C(N)c1nccnc1SCc1ccc(Cl)cc1. The molecule has 6 heteroatoms. The van der Waals surface area contributed by atoms with Crippen molar-refractivity contribution in [2.45, 2.75) is 10.8 Å². The van der Waals surface area contributed by atoms with E-state index in [1.165, 1.54) is 18.0 Å². The van der Waals surface area contributed by atoms with Crippen LogP contribution in [0.15, 0.2) is 41.7 Å². The minimum absolute atomic E-state index is 0.0679. The highest BCUT2D eigenvalue weighted by atomic mass is 35.5. The molecule has 1 aromatic carbocycles. The number of nitrogens with two attached hydrogens (primary N) is 1. The molecule has 0 amide bonds. The van der Waals surface area contributed by atoms with Gasteiger partial charge < -0.3 is 5.73 Å². The van der Waals surface area contributed by atoms with Gasteiger partial charge in [0.15, 0.2) is 0 Å². The van der Waals surface area contributed by atoms with Crippen LogP contribution in [0.3, 0.4) is 0 Å². The number of nitrogen functional groups attached to an aromatic ring is 1. The molecular formula is C12H11ClN4S. The van der Waals surface area contributed by atoms with Gasteiger partial charge in [-0.2, -0.15) is 0 Å². The lowest BCUT2D eigenvalue weighted by molar-refractivity contribution is 1.03. The highest BCUT2D eigenvalue weighted by Crippen LogP contribution is 2.23. The molecule has 0 saturated carbocycles. The van der Waals surface area contributed by atoms with Gasteiger partial charge in [-0.25, -0.2) is 9.97 Å². The van der Waals surface area contributed by atoms with Crippen LogP contribution in [0, 0.1) is 5.41 Å². The lowest BCUT2D eigenvalue weighted by atomic mass is 10.2. The summed E-state index contributed by atoms with van der Waals surface area (Å²) in [5.41, 5.74) is 7.01. The zero-order chi connectivity index (χ0) is 13.0. The third-order valence-corrected chi connectivity index (χ3v) is 3.51. The molecule has 0 unspecified atom stereocenters. The van der Waals surface area contributed by atoms with Crippen LogP contribution in [-0.2, 0) is 5.75 Å². The Labute approximate surface area is 114 Å². The van der Waals surface area contributed by atoms with Gasteiger partial charge in [0.25, 0.3) is 0 Å². The van der Waals surface area contributed by atoms with Crippen molar-refractivity contribution < 1.29 is 0 Å². The third-order valence-electron chi connectivity index (χ3n) is 2.21. The van der Waals surface area contributed by atoms with Crippen molar-refractivity contribution in [2.75, 3.05) is 0 Å². The van der Waals surface area contributed by atoms with Gasteiger partial charge in [-0.05, 0) is 17.7 Å². The summed E-state index contributed by atoms with van der Waals surface area (Å²) in [6.07, 6.45) is 3.12. The number of hydrogen-bond acceptors (Lipinski definition) is 4. The number of aromatic nitrogens is 2. The van der Waals surface area contributed by atoms with E-state index in [1.807, 2.05) is 24.3 Å². The van der Waals surface area contributed by atoms with Crippen molar-refractivity contribution in [3.05, 3.63) is 52.9 Å². The molecule has 18 heavy (non-hydrogen) atoms. The normalized spacial score (nSPS) is 10.3. The number of hydrogen-bond donors (Lipinski definition) is 2. The van der Waals surface area contributed by atoms with E-state index in [4.69, 9.17) is 22.7 Å². The fourth-order valence-corrected chi connectivity index (χ4v) is 2.40. The summed E-state index contributed by atoms with van der Waals surface area (Å²) >= 11 is 7.32. The molecule has 0 aliphatic heterocycles. The first-order chi connectivity index (χ1) is 8.66. The Kier molecular flexibility index (Phi) is 4.17. The molecule has 2 rings (SSSR count). The van der Waals surface area contributed by atoms with Gasteiger partial charge in [0.05, 0.1) is 0 Å². The number of rotatable bonds is 4. The van der Waals surface area contributed by atoms with Crippen LogP contribution in [0.1, 0.15) is 11.3 Å². The minimum Gasteiger partial charge on any atom is -0.382 e. The van der Waals surface area contributed by atoms with E-state index in [0.717, 1.165) is 11.3 Å². The van der Waals surface area contributed by atoms with Gasteiger partial charge in [-0.15, -0.1) is 0 Å². The molecule has 4 nitrogen and oxygen atoms in total. The maximum Gasteiger partial charge on any atom is 0.144 e. The largest absolute Gasteiger partial charge is 0.382 e. The van der Waals surface area contributed by atoms with Crippen molar-refractivity contribution in [2.24, 2.45) is 5.73 Å². The van der Waals surface area contributed by atoms with Crippen molar-refractivity contribution in [3.63, 3.8) is 0 Å². The maximum atomic E-state index is 7.43. The van der Waals surface area contributed by atoms with Gasteiger partial charge in [-0.1, -0.05) is 35.5 Å². The molecule has 0 atom stereocenters. The Hall–Kier alpha value is -1.59. The molecule has 0 saturated heterocycles. The average Bonchev–Trinajstić information content (AvgIpc) is 2.38. The van der Waals surface area contributed by atoms with Crippen LogP contribution in [0.5, 0.6) is 0 Å². The minimum atomic E-state index is -0.0679. The molecule has 0 fully saturated rings. The Morgan fingerprint density at radius 2 is 1.89 bits per heavy atom. The molecule has 0 radical (unpaired) electrons. The highest BCUT2D eigenvalue weighted by Gasteiger charge is 2.08. The fraction of sp³-hybridized carbons (Fsp3) is 0.0833. The topological polar surface area (TPSA) is 75.7 Å². The van der Waals surface area contributed by atoms with E-state index in [-0.39, 0.29) is 5.84 Å². The van der Waals surface area contributed by atoms with Crippen molar-refractivity contribution in [1.82, 2.24) is 9.97 Å². The van der Waals surface area contributed by atoms with E-state index in [9.17, 15) is 0 Å². The monoisotopic (exact) mass is 278 g/mol. The molecule has 1 heterocycles. The molecule has 0 spiro atoms. The number of amidine groups is 1. The summed E-state index contributed by atoms with van der Waals surface area (Å²) in [5.74, 6) is 0.664. The van der Waals surface area contributed by atoms with Crippen LogP contribution in [-0.4, -0.2) is 15.8 Å². The summed E-state index contributed by atoms with van der Waals surface area (Å²) in [7, 11) is 0. The predicted octanol–water partition coefficient (Wildman–Crippen LogP) is 2.71. The zero-order valence-corrected chi connectivity index (χ0v) is 11.0. The van der Waals surface area contributed by atoms with Gasteiger partial charge in [0.2, 0.25) is 0 Å². The Bertz CT molecular complexity index is 556. The van der Waals surface area contributed by atoms with E-state index < -0.39 is 0 Å². The number of nitrogens with zero attached hydrogens (tertiary/aromatic N) is 2. The first-order valence-corrected chi connectivity index (χ1v) is 6.56. The van der Waals surface area contributed by atoms with Gasteiger partial charge in [0, 0.05) is 23.2 Å². The van der Waals surface area contributed by atoms with Gasteiger partial charge >= 0.3 is 0 Å². The molecular weight excluding hydrogens is 268 g/mol. The summed E-state index contributed by atoms with van der Waals surface area (Å²) in [6.45, 7) is 0. The number of nitrogens with one attached hydrogen (secondary N) is 1. The quantitative estimate of drug-likeness (QED) is 0.512. The number of halogens is 1. The second-order valence-corrected chi connectivity index (χ2v) is 4.94. The van der Waals surface area contributed by atoms with Crippen LogP contribution in [0.4, 0.5) is 0 Å². The smallest absolute Gasteiger partial charge is 0.144 e. The summed E-state index contributed by atoms with van der Waals surface area (Å²) in [5, 5.41) is 8.81. The predicted molar refractivity (Wildman–Crippen MR) is 74.1 cm³/mol. The van der Waals surface area contributed by atoms with E-state index in [0.29, 0.717) is 15.7 Å². The van der Waals surface area contributed by atoms with E-state index in [1.54, 1.807) is 6.20 Å². The Morgan fingerprint density at radius 1 is 1.22 bits per heavy atom. The van der Waals surface area contributed by atoms with Crippen molar-refractivity contribution in [1.29, 1.82) is 5.41 Å². The number of thioether (sulfide) groups is 1. The van der Waals surface area contributed by atoms with Crippen molar-refractivity contribution in [3.8, 4) is 0 Å². The molecule has 1 aromatic heterocycles. The fourth-order valence-electron chi connectivity index (χ4n) is 1.35. The standard InChI is InChI=1S/C12H11ClN4S/c13-9-3-1-8(2-4-9)7-18-12-10(11(14)15)16-5-6-17-12/h1-6H,7H2,(H3,14,15). The highest BCUT2D eigenvalue weighted by molar-refractivity contribution is 7.98. The van der Waals surface area contributed by atoms with Crippen LogP contribution < -0.4 is 5.73 Å². The van der Waals surface area contributed by atoms with Gasteiger partial charge in [-0.3, -0.25) is 5.41 Å². The molecule has 3 N–H and O–H groups in total. The Balaban J connectivity index is 2.10. The summed E-state index contributed by atoms with van der Waals surface area (Å²) < 4.78 is 0. The number of benzene rings is 1. The molecule has 0 bridgehead atoms. The first-order valence-electron chi connectivity index (χ1n) is 5.19. The molecule has 2 aromatic rings. The second kappa shape index (κ2) is 5.84. The first kappa shape index (κ1) is 12.9. The third kappa shape index (κ3) is 3.21. The van der Waals surface area contributed by atoms with E-state index >= 15 is 0 Å². The van der Waals surface area contributed by atoms with Crippen LogP contribution in [0.2, 0.25) is 5.02 Å². The zero-order valence-electron chi connectivity index (χ0n) is 9.43. The Morgan fingerprint density at radius 3 is 2.56 bits per heavy atom. The van der Waals surface area contributed by atoms with Crippen LogP contribution >= 0.6 is 23.4 Å². The maximum absolute atomic E-state index is 7.43. The molecule has 92 valence electrons. The lowest BCUT2D eigenvalue weighted by Gasteiger charge is -2.05. The second-order valence-electron chi connectivity index (χ2n) is 3.54. The average molecular weight is 279 g/mol. The van der Waals surface area contributed by atoms with Gasteiger partial charge in [0.1, 0.15) is 16.6 Å². The lowest BCUT2D eigenvalue weighted by Crippen LogP contribution is -2.15. The summed E-state index contributed by atoms with van der Waals surface area (Å²) in [6, 6.07) is 7.61. The summed E-state index contributed by atoms with van der Waals surface area (Å²) in [4.78, 5) is 8.24. The van der Waals surface area contributed by atoms with E-state index in [2.05, 4.69) is 9.97 Å².